The predicted octanol–water partition coefficient (Wildman–Crippen LogP) is 2.12. The first-order valence-electron chi connectivity index (χ1n) is 5.60. The molecule has 5 N–H and O–H groups in total. The van der Waals surface area contributed by atoms with Crippen LogP contribution in [0.1, 0.15) is 21.5 Å². The average Bonchev–Trinajstić information content (AvgIpc) is 2.64. The van der Waals surface area contributed by atoms with Crippen LogP contribution in [0.5, 0.6) is 0 Å². The molecule has 1 aliphatic rings. The molecule has 0 radical (unpaired) electrons. The summed E-state index contributed by atoms with van der Waals surface area (Å²) < 4.78 is 0. The van der Waals surface area contributed by atoms with Crippen molar-refractivity contribution in [2.24, 2.45) is 0 Å². The minimum absolute atomic E-state index is 0.258. The lowest BCUT2D eigenvalue weighted by atomic mass is 9.98. The number of hydrogen-bond acceptors (Lipinski definition) is 3. The van der Waals surface area contributed by atoms with Crippen LogP contribution in [-0.2, 0) is 6.42 Å². The summed E-state index contributed by atoms with van der Waals surface area (Å²) in [7, 11) is 0. The van der Waals surface area contributed by atoms with Gasteiger partial charge in [-0.2, -0.15) is 0 Å². The fourth-order valence-corrected chi connectivity index (χ4v) is 2.56. The van der Waals surface area contributed by atoms with Crippen LogP contribution in [0.2, 0.25) is 0 Å². The van der Waals surface area contributed by atoms with Crippen molar-refractivity contribution in [1.82, 2.24) is 0 Å². The Hall–Kier alpha value is -2.49. The highest BCUT2D eigenvalue weighted by atomic mass is 16.4. The summed E-state index contributed by atoms with van der Waals surface area (Å²) in [6.07, 6.45) is 0.682. The zero-order valence-electron chi connectivity index (χ0n) is 9.60. The summed E-state index contributed by atoms with van der Waals surface area (Å²) in [6, 6.07) is 8.89. The molecule has 2 aromatic carbocycles. The predicted molar refractivity (Wildman–Crippen MR) is 70.5 cm³/mol. The molecule has 0 aromatic heterocycles. The molecule has 0 spiro atoms. The lowest BCUT2D eigenvalue weighted by molar-refractivity contribution is 0.0697. The van der Waals surface area contributed by atoms with Gasteiger partial charge in [-0.25, -0.2) is 4.79 Å². The van der Waals surface area contributed by atoms with Gasteiger partial charge in [0, 0.05) is 16.9 Å². The van der Waals surface area contributed by atoms with E-state index in [9.17, 15) is 9.90 Å². The van der Waals surface area contributed by atoms with Crippen LogP contribution in [-0.4, -0.2) is 11.1 Å². The van der Waals surface area contributed by atoms with Crippen molar-refractivity contribution in [2.45, 2.75) is 6.42 Å². The van der Waals surface area contributed by atoms with E-state index in [4.69, 9.17) is 11.5 Å². The molecule has 0 atom stereocenters. The topological polar surface area (TPSA) is 89.3 Å². The second-order valence-electron chi connectivity index (χ2n) is 4.50. The summed E-state index contributed by atoms with van der Waals surface area (Å²) in [4.78, 5) is 11.3. The van der Waals surface area contributed by atoms with Crippen molar-refractivity contribution >= 4 is 17.3 Å². The van der Waals surface area contributed by atoms with Crippen LogP contribution in [0.4, 0.5) is 11.4 Å². The van der Waals surface area contributed by atoms with E-state index >= 15 is 0 Å². The summed E-state index contributed by atoms with van der Waals surface area (Å²) in [5.74, 6) is -0.955. The number of carboxylic acid groups (broad SMARTS) is 1. The van der Waals surface area contributed by atoms with Gasteiger partial charge >= 0.3 is 5.97 Å². The molecule has 2 aromatic rings. The molecule has 4 nitrogen and oxygen atoms in total. The number of nitrogens with two attached hydrogens (primary N) is 2. The fourth-order valence-electron chi connectivity index (χ4n) is 2.56. The maximum Gasteiger partial charge on any atom is 0.336 e. The highest BCUT2D eigenvalue weighted by Gasteiger charge is 2.24. The van der Waals surface area contributed by atoms with E-state index in [0.29, 0.717) is 17.8 Å². The van der Waals surface area contributed by atoms with Crippen molar-refractivity contribution in [2.75, 3.05) is 11.5 Å². The molecule has 0 saturated heterocycles. The summed E-state index contributed by atoms with van der Waals surface area (Å²) >= 11 is 0. The Morgan fingerprint density at radius 2 is 1.78 bits per heavy atom. The number of benzene rings is 2. The van der Waals surface area contributed by atoms with Crippen molar-refractivity contribution < 1.29 is 9.90 Å². The monoisotopic (exact) mass is 240 g/mol. The Morgan fingerprint density at radius 3 is 2.50 bits per heavy atom. The van der Waals surface area contributed by atoms with Crippen LogP contribution in [0.3, 0.4) is 0 Å². The smallest absolute Gasteiger partial charge is 0.336 e. The van der Waals surface area contributed by atoms with Gasteiger partial charge in [0.25, 0.3) is 0 Å². The fraction of sp³-hybridized carbons (Fsp3) is 0.0714. The minimum atomic E-state index is -0.955. The third kappa shape index (κ3) is 1.43. The highest BCUT2D eigenvalue weighted by Crippen LogP contribution is 2.40. The van der Waals surface area contributed by atoms with Crippen LogP contribution in [0.25, 0.3) is 11.1 Å². The number of hydrogen-bond donors (Lipinski definition) is 3. The van der Waals surface area contributed by atoms with Crippen LogP contribution in [0, 0.1) is 0 Å². The van der Waals surface area contributed by atoms with E-state index in [1.807, 2.05) is 18.2 Å². The van der Waals surface area contributed by atoms with Gasteiger partial charge in [0.2, 0.25) is 0 Å². The first-order valence-corrected chi connectivity index (χ1v) is 5.60. The molecule has 0 bridgehead atoms. The molecule has 4 heteroatoms. The maximum absolute atomic E-state index is 11.3. The molecule has 0 fully saturated rings. The standard InChI is InChI=1S/C14H12N2O2/c15-9-1-2-11-7(4-9)3-8-5-10(16)6-12(13(8)11)14(17)18/h1-2,4-6H,3,15-16H2,(H,17,18). The number of carbonyl (C=O) groups is 1. The van der Waals surface area contributed by atoms with Gasteiger partial charge in [0.15, 0.2) is 0 Å². The van der Waals surface area contributed by atoms with E-state index in [1.165, 1.54) is 6.07 Å². The van der Waals surface area contributed by atoms with Crippen LogP contribution < -0.4 is 11.5 Å². The molecule has 90 valence electrons. The van der Waals surface area contributed by atoms with Gasteiger partial charge in [-0.1, -0.05) is 6.07 Å². The van der Waals surface area contributed by atoms with Crippen LogP contribution >= 0.6 is 0 Å². The van der Waals surface area contributed by atoms with Crippen molar-refractivity contribution in [1.29, 1.82) is 0 Å². The Kier molecular flexibility index (Phi) is 2.07. The SMILES string of the molecule is Nc1ccc2c(c1)Cc1cc(N)cc(C(=O)O)c1-2. The second kappa shape index (κ2) is 3.50. The third-order valence-corrected chi connectivity index (χ3v) is 3.25. The lowest BCUT2D eigenvalue weighted by Crippen LogP contribution is -2.02. The van der Waals surface area contributed by atoms with Gasteiger partial charge in [-0.15, -0.1) is 0 Å². The van der Waals surface area contributed by atoms with E-state index in [-0.39, 0.29) is 5.56 Å². The van der Waals surface area contributed by atoms with Gasteiger partial charge < -0.3 is 16.6 Å². The third-order valence-electron chi connectivity index (χ3n) is 3.25. The number of fused-ring (bicyclic) bond motifs is 3. The Bertz CT molecular complexity index is 678. The van der Waals surface area contributed by atoms with Gasteiger partial charge in [0.05, 0.1) is 5.56 Å². The van der Waals surface area contributed by atoms with E-state index in [2.05, 4.69) is 0 Å². The lowest BCUT2D eigenvalue weighted by Gasteiger charge is -2.07. The van der Waals surface area contributed by atoms with Crippen LogP contribution in [0.15, 0.2) is 30.3 Å². The highest BCUT2D eigenvalue weighted by molar-refractivity contribution is 6.00. The molecule has 18 heavy (non-hydrogen) atoms. The first-order chi connectivity index (χ1) is 8.56. The van der Waals surface area contributed by atoms with Crippen molar-refractivity contribution in [3.05, 3.63) is 47.0 Å². The summed E-state index contributed by atoms with van der Waals surface area (Å²) in [6.45, 7) is 0. The molecule has 0 heterocycles. The van der Waals surface area contributed by atoms with Gasteiger partial charge in [0.1, 0.15) is 0 Å². The van der Waals surface area contributed by atoms with Gasteiger partial charge in [-0.3, -0.25) is 0 Å². The van der Waals surface area contributed by atoms with E-state index < -0.39 is 5.97 Å². The minimum Gasteiger partial charge on any atom is -0.478 e. The normalized spacial score (nSPS) is 12.0. The molecule has 0 saturated carbocycles. The molecule has 0 unspecified atom stereocenters. The van der Waals surface area contributed by atoms with E-state index in [0.717, 1.165) is 22.3 Å². The largest absolute Gasteiger partial charge is 0.478 e. The molecule has 0 amide bonds. The zero-order chi connectivity index (χ0) is 12.9. The number of aromatic carboxylic acids is 1. The van der Waals surface area contributed by atoms with Crippen molar-refractivity contribution in [3.8, 4) is 11.1 Å². The number of nitrogen functional groups attached to an aromatic ring is 2. The molecule has 1 aliphatic carbocycles. The van der Waals surface area contributed by atoms with Crippen molar-refractivity contribution in [3.63, 3.8) is 0 Å². The van der Waals surface area contributed by atoms with Gasteiger partial charge in [-0.05, 0) is 47.4 Å². The second-order valence-corrected chi connectivity index (χ2v) is 4.50. The quantitative estimate of drug-likeness (QED) is 0.568. The average molecular weight is 240 g/mol. The molecule has 0 aliphatic heterocycles. The number of anilines is 2. The number of rotatable bonds is 1. The number of carboxylic acids is 1. The first kappa shape index (κ1) is 10.7. The Balaban J connectivity index is 2.32. The molecular weight excluding hydrogens is 228 g/mol. The summed E-state index contributed by atoms with van der Waals surface area (Å²) in [5, 5.41) is 9.27. The summed E-state index contributed by atoms with van der Waals surface area (Å²) in [5.41, 5.74) is 16.6. The maximum atomic E-state index is 11.3. The Labute approximate surface area is 104 Å². The van der Waals surface area contributed by atoms with E-state index in [1.54, 1.807) is 6.07 Å². The Morgan fingerprint density at radius 1 is 1.06 bits per heavy atom. The molecular formula is C14H12N2O2. The zero-order valence-corrected chi connectivity index (χ0v) is 9.60. The molecule has 3 rings (SSSR count).